The van der Waals surface area contributed by atoms with Crippen LogP contribution in [-0.4, -0.2) is 18.6 Å². The smallest absolute Gasteiger partial charge is 0.335 e. The molecule has 0 saturated carbocycles. The summed E-state index contributed by atoms with van der Waals surface area (Å²) in [5.74, 6) is 0.0287. The molecule has 0 fully saturated rings. The third-order valence-electron chi connectivity index (χ3n) is 3.50. The number of hydrogen-bond acceptors (Lipinski definition) is 6. The maximum atomic E-state index is 12.3. The Morgan fingerprint density at radius 1 is 1.27 bits per heavy atom. The average molecular weight is 344 g/mol. The van der Waals surface area contributed by atoms with Crippen LogP contribution in [0.25, 0.3) is 0 Å². The number of nitrogens with two attached hydrogens (primary N) is 1. The number of nitrogens with zero attached hydrogens (tertiary/aromatic N) is 2. The van der Waals surface area contributed by atoms with Crippen molar-refractivity contribution in [1.82, 2.24) is 10.2 Å². The van der Waals surface area contributed by atoms with Crippen LogP contribution in [0.5, 0.6) is 0 Å². The highest BCUT2D eigenvalue weighted by atomic mass is 35.5. The van der Waals surface area contributed by atoms with Crippen molar-refractivity contribution >= 4 is 21.4 Å². The standard InChI is InChI=1S/C14H18ClN3O3S/c1-3-9(2)12(16)13-17-18-14(21-13)22(19,20)8-10-4-6-11(15)7-5-10/h4-7,9,12H,3,8,16H2,1-2H3/t9?,12-/m0/s1. The van der Waals surface area contributed by atoms with Crippen LogP contribution < -0.4 is 5.73 Å². The van der Waals surface area contributed by atoms with Crippen molar-refractivity contribution < 1.29 is 12.8 Å². The fourth-order valence-corrected chi connectivity index (χ4v) is 3.10. The molecule has 1 heterocycles. The van der Waals surface area contributed by atoms with E-state index in [2.05, 4.69) is 10.2 Å². The van der Waals surface area contributed by atoms with E-state index in [0.29, 0.717) is 10.6 Å². The molecule has 0 aliphatic heterocycles. The first-order valence-corrected chi connectivity index (χ1v) is 8.92. The van der Waals surface area contributed by atoms with Gasteiger partial charge in [0.25, 0.3) is 0 Å². The van der Waals surface area contributed by atoms with Crippen LogP contribution in [0.15, 0.2) is 33.9 Å². The minimum absolute atomic E-state index is 0.118. The zero-order chi connectivity index (χ0) is 16.3. The highest BCUT2D eigenvalue weighted by molar-refractivity contribution is 7.90. The van der Waals surface area contributed by atoms with E-state index in [-0.39, 0.29) is 17.6 Å². The average Bonchev–Trinajstić information content (AvgIpc) is 2.98. The molecule has 0 radical (unpaired) electrons. The summed E-state index contributed by atoms with van der Waals surface area (Å²) in [7, 11) is -3.71. The summed E-state index contributed by atoms with van der Waals surface area (Å²) in [4.78, 5) is 0. The molecule has 8 heteroatoms. The lowest BCUT2D eigenvalue weighted by atomic mass is 10.0. The summed E-state index contributed by atoms with van der Waals surface area (Å²) in [6.07, 6.45) is 0.830. The number of aromatic nitrogens is 2. The lowest BCUT2D eigenvalue weighted by Crippen LogP contribution is -2.18. The quantitative estimate of drug-likeness (QED) is 0.865. The highest BCUT2D eigenvalue weighted by Crippen LogP contribution is 2.23. The van der Waals surface area contributed by atoms with Crippen molar-refractivity contribution in [3.05, 3.63) is 40.7 Å². The minimum atomic E-state index is -3.71. The van der Waals surface area contributed by atoms with Crippen LogP contribution in [0, 0.1) is 5.92 Å². The molecule has 0 aliphatic carbocycles. The van der Waals surface area contributed by atoms with Gasteiger partial charge in [-0.15, -0.1) is 5.10 Å². The van der Waals surface area contributed by atoms with Crippen molar-refractivity contribution in [3.63, 3.8) is 0 Å². The van der Waals surface area contributed by atoms with Crippen LogP contribution in [0.4, 0.5) is 0 Å². The third kappa shape index (κ3) is 3.85. The Morgan fingerprint density at radius 2 is 1.91 bits per heavy atom. The Balaban J connectivity index is 2.20. The molecule has 120 valence electrons. The third-order valence-corrected chi connectivity index (χ3v) is 5.16. The molecule has 0 saturated heterocycles. The van der Waals surface area contributed by atoms with Crippen molar-refractivity contribution in [2.75, 3.05) is 0 Å². The summed E-state index contributed by atoms with van der Waals surface area (Å²) >= 11 is 5.78. The lowest BCUT2D eigenvalue weighted by molar-refractivity contribution is 0.327. The topological polar surface area (TPSA) is 99.1 Å². The summed E-state index contributed by atoms with van der Waals surface area (Å²) in [6, 6.07) is 6.07. The molecule has 1 aromatic carbocycles. The molecular weight excluding hydrogens is 326 g/mol. The van der Waals surface area contributed by atoms with Gasteiger partial charge >= 0.3 is 5.22 Å². The molecule has 2 rings (SSSR count). The van der Waals surface area contributed by atoms with E-state index < -0.39 is 21.1 Å². The normalized spacial score (nSPS) is 14.7. The number of sulfone groups is 1. The maximum absolute atomic E-state index is 12.3. The molecule has 1 unspecified atom stereocenters. The molecule has 6 nitrogen and oxygen atoms in total. The fourth-order valence-electron chi connectivity index (χ4n) is 1.84. The summed E-state index contributed by atoms with van der Waals surface area (Å²) in [5.41, 5.74) is 6.56. The largest absolute Gasteiger partial charge is 0.411 e. The van der Waals surface area contributed by atoms with E-state index >= 15 is 0 Å². The molecule has 22 heavy (non-hydrogen) atoms. The van der Waals surface area contributed by atoms with Gasteiger partial charge in [0.2, 0.25) is 15.7 Å². The summed E-state index contributed by atoms with van der Waals surface area (Å²) in [6.45, 7) is 3.93. The van der Waals surface area contributed by atoms with Crippen LogP contribution in [0.1, 0.15) is 37.8 Å². The Morgan fingerprint density at radius 3 is 2.50 bits per heavy atom. The first-order valence-electron chi connectivity index (χ1n) is 6.89. The van der Waals surface area contributed by atoms with Crippen LogP contribution in [0.2, 0.25) is 5.02 Å². The van der Waals surface area contributed by atoms with Gasteiger partial charge in [-0.3, -0.25) is 0 Å². The van der Waals surface area contributed by atoms with E-state index in [0.717, 1.165) is 6.42 Å². The van der Waals surface area contributed by atoms with E-state index in [1.165, 1.54) is 0 Å². The van der Waals surface area contributed by atoms with Gasteiger partial charge in [-0.25, -0.2) is 8.42 Å². The summed E-state index contributed by atoms with van der Waals surface area (Å²) in [5, 5.41) is 7.53. The van der Waals surface area contributed by atoms with Crippen LogP contribution in [0.3, 0.4) is 0 Å². The first-order chi connectivity index (χ1) is 10.3. The van der Waals surface area contributed by atoms with Gasteiger partial charge in [-0.05, 0) is 23.6 Å². The lowest BCUT2D eigenvalue weighted by Gasteiger charge is -2.13. The van der Waals surface area contributed by atoms with Gasteiger partial charge in [-0.2, -0.15) is 0 Å². The van der Waals surface area contributed by atoms with Gasteiger partial charge in [0, 0.05) is 5.02 Å². The number of halogens is 1. The van der Waals surface area contributed by atoms with Crippen LogP contribution in [-0.2, 0) is 15.6 Å². The molecule has 1 aromatic heterocycles. The van der Waals surface area contributed by atoms with Gasteiger partial charge in [0.15, 0.2) is 0 Å². The Hall–Kier alpha value is -1.44. The zero-order valence-corrected chi connectivity index (χ0v) is 13.9. The predicted molar refractivity (Wildman–Crippen MR) is 83.0 cm³/mol. The van der Waals surface area contributed by atoms with Crippen molar-refractivity contribution in [2.45, 2.75) is 37.3 Å². The Kier molecular flexibility index (Phi) is 5.20. The van der Waals surface area contributed by atoms with Gasteiger partial charge in [0.05, 0.1) is 11.8 Å². The molecule has 0 bridgehead atoms. The van der Waals surface area contributed by atoms with Gasteiger partial charge in [0.1, 0.15) is 0 Å². The van der Waals surface area contributed by atoms with Crippen molar-refractivity contribution in [1.29, 1.82) is 0 Å². The fraction of sp³-hybridized carbons (Fsp3) is 0.429. The summed E-state index contributed by atoms with van der Waals surface area (Å²) < 4.78 is 29.9. The molecule has 0 aliphatic rings. The first kappa shape index (κ1) is 16.9. The molecule has 0 amide bonds. The van der Waals surface area contributed by atoms with Gasteiger partial charge < -0.3 is 10.2 Å². The second-order valence-electron chi connectivity index (χ2n) is 5.20. The monoisotopic (exact) mass is 343 g/mol. The number of rotatable bonds is 6. The maximum Gasteiger partial charge on any atom is 0.335 e. The Bertz CT molecular complexity index is 728. The molecule has 2 aromatic rings. The molecule has 2 atom stereocenters. The van der Waals surface area contributed by atoms with Gasteiger partial charge in [-0.1, -0.05) is 49.1 Å². The van der Waals surface area contributed by atoms with E-state index in [4.69, 9.17) is 21.8 Å². The zero-order valence-electron chi connectivity index (χ0n) is 12.4. The molecular formula is C14H18ClN3O3S. The SMILES string of the molecule is CCC(C)[C@H](N)c1nnc(S(=O)(=O)Cc2ccc(Cl)cc2)o1. The van der Waals surface area contributed by atoms with E-state index in [9.17, 15) is 8.42 Å². The second kappa shape index (κ2) is 6.76. The van der Waals surface area contributed by atoms with Crippen LogP contribution >= 0.6 is 11.6 Å². The van der Waals surface area contributed by atoms with Crippen molar-refractivity contribution in [3.8, 4) is 0 Å². The van der Waals surface area contributed by atoms with E-state index in [1.807, 2.05) is 13.8 Å². The molecule has 0 spiro atoms. The van der Waals surface area contributed by atoms with E-state index in [1.54, 1.807) is 24.3 Å². The minimum Gasteiger partial charge on any atom is -0.411 e. The molecule has 2 N–H and O–H groups in total. The number of benzene rings is 1. The number of hydrogen-bond donors (Lipinski definition) is 1. The second-order valence-corrected chi connectivity index (χ2v) is 7.51. The Labute approximate surface area is 134 Å². The predicted octanol–water partition coefficient (Wildman–Crippen LogP) is 2.74. The van der Waals surface area contributed by atoms with Crippen molar-refractivity contribution in [2.24, 2.45) is 11.7 Å². The highest BCUT2D eigenvalue weighted by Gasteiger charge is 2.26.